The van der Waals surface area contributed by atoms with Gasteiger partial charge < -0.3 is 15.0 Å². The third kappa shape index (κ3) is 2.95. The van der Waals surface area contributed by atoms with Crippen molar-refractivity contribution < 1.29 is 9.53 Å². The van der Waals surface area contributed by atoms with Crippen LogP contribution >= 0.6 is 0 Å². The summed E-state index contributed by atoms with van der Waals surface area (Å²) in [5.74, 6) is 0.293. The predicted molar refractivity (Wildman–Crippen MR) is 62.3 cm³/mol. The fraction of sp³-hybridized carbons (Fsp3) is 0.917. The zero-order chi connectivity index (χ0) is 11.4. The molecule has 0 aromatic heterocycles. The summed E-state index contributed by atoms with van der Waals surface area (Å²) < 4.78 is 5.33. The van der Waals surface area contributed by atoms with E-state index in [2.05, 4.69) is 5.32 Å². The molecule has 0 saturated carbocycles. The molecule has 0 aromatic carbocycles. The molecule has 0 bridgehead atoms. The van der Waals surface area contributed by atoms with Gasteiger partial charge in [0.1, 0.15) is 0 Å². The van der Waals surface area contributed by atoms with E-state index in [0.29, 0.717) is 18.4 Å². The van der Waals surface area contributed by atoms with Crippen molar-refractivity contribution in [1.29, 1.82) is 0 Å². The third-order valence-electron chi connectivity index (χ3n) is 3.65. The van der Waals surface area contributed by atoms with Gasteiger partial charge in [-0.25, -0.2) is 0 Å². The van der Waals surface area contributed by atoms with Crippen molar-refractivity contribution in [2.24, 2.45) is 0 Å². The van der Waals surface area contributed by atoms with Crippen LogP contribution < -0.4 is 5.32 Å². The van der Waals surface area contributed by atoms with Gasteiger partial charge in [-0.1, -0.05) is 0 Å². The molecule has 2 heterocycles. The van der Waals surface area contributed by atoms with Crippen LogP contribution in [0.25, 0.3) is 0 Å². The summed E-state index contributed by atoms with van der Waals surface area (Å²) in [4.78, 5) is 14.0. The number of carbonyl (C=O) groups is 1. The second kappa shape index (κ2) is 5.64. The number of hydrogen-bond acceptors (Lipinski definition) is 3. The standard InChI is InChI=1S/C12H22N2O2/c1-16-11-5-3-7-14(9-11)12(15)8-10-4-2-6-13-10/h10-11,13H,2-9H2,1H3. The summed E-state index contributed by atoms with van der Waals surface area (Å²) in [6.07, 6.45) is 5.42. The van der Waals surface area contributed by atoms with Gasteiger partial charge in [-0.05, 0) is 32.2 Å². The molecule has 0 radical (unpaired) electrons. The number of carbonyl (C=O) groups excluding carboxylic acids is 1. The van der Waals surface area contributed by atoms with Crippen LogP contribution in [-0.2, 0) is 9.53 Å². The fourth-order valence-electron chi connectivity index (χ4n) is 2.63. The van der Waals surface area contributed by atoms with Crippen LogP contribution in [0.3, 0.4) is 0 Å². The maximum absolute atomic E-state index is 12.0. The van der Waals surface area contributed by atoms with Crippen molar-refractivity contribution in [2.75, 3.05) is 26.7 Å². The van der Waals surface area contributed by atoms with Gasteiger partial charge in [0.2, 0.25) is 5.91 Å². The second-order valence-corrected chi connectivity index (χ2v) is 4.84. The normalized spacial score (nSPS) is 30.7. The molecule has 2 atom stereocenters. The molecule has 2 rings (SSSR count). The Morgan fingerprint density at radius 3 is 3.00 bits per heavy atom. The summed E-state index contributed by atoms with van der Waals surface area (Å²) >= 11 is 0. The highest BCUT2D eigenvalue weighted by Crippen LogP contribution is 2.16. The largest absolute Gasteiger partial charge is 0.380 e. The Morgan fingerprint density at radius 2 is 2.31 bits per heavy atom. The lowest BCUT2D eigenvalue weighted by molar-refractivity contribution is -0.135. The van der Waals surface area contributed by atoms with E-state index < -0.39 is 0 Å². The quantitative estimate of drug-likeness (QED) is 0.772. The summed E-state index contributed by atoms with van der Waals surface area (Å²) in [7, 11) is 1.73. The van der Waals surface area contributed by atoms with Crippen LogP contribution in [0.15, 0.2) is 0 Å². The molecule has 2 aliphatic heterocycles. The highest BCUT2D eigenvalue weighted by molar-refractivity contribution is 5.77. The number of likely N-dealkylation sites (tertiary alicyclic amines) is 1. The maximum atomic E-state index is 12.0. The highest BCUT2D eigenvalue weighted by atomic mass is 16.5. The number of piperidine rings is 1. The van der Waals surface area contributed by atoms with E-state index in [1.54, 1.807) is 7.11 Å². The highest BCUT2D eigenvalue weighted by Gasteiger charge is 2.26. The molecule has 2 aliphatic rings. The van der Waals surface area contributed by atoms with Crippen molar-refractivity contribution in [3.63, 3.8) is 0 Å². The number of hydrogen-bond donors (Lipinski definition) is 1. The van der Waals surface area contributed by atoms with Crippen LogP contribution in [0.2, 0.25) is 0 Å². The minimum Gasteiger partial charge on any atom is -0.380 e. The average molecular weight is 226 g/mol. The Balaban J connectivity index is 1.79. The fourth-order valence-corrected chi connectivity index (χ4v) is 2.63. The van der Waals surface area contributed by atoms with Crippen LogP contribution in [0.5, 0.6) is 0 Å². The lowest BCUT2D eigenvalue weighted by Crippen LogP contribution is -2.44. The number of ether oxygens (including phenoxy) is 1. The third-order valence-corrected chi connectivity index (χ3v) is 3.65. The monoisotopic (exact) mass is 226 g/mol. The first-order valence-corrected chi connectivity index (χ1v) is 6.33. The molecule has 2 unspecified atom stereocenters. The molecule has 0 aliphatic carbocycles. The van der Waals surface area contributed by atoms with Crippen LogP contribution in [0.4, 0.5) is 0 Å². The number of nitrogens with one attached hydrogen (secondary N) is 1. The van der Waals surface area contributed by atoms with E-state index >= 15 is 0 Å². The Bertz CT molecular complexity index is 239. The van der Waals surface area contributed by atoms with Crippen LogP contribution in [0, 0.1) is 0 Å². The van der Waals surface area contributed by atoms with E-state index in [0.717, 1.165) is 38.9 Å². The molecule has 1 amide bonds. The number of methoxy groups -OCH3 is 1. The van der Waals surface area contributed by atoms with Crippen molar-refractivity contribution >= 4 is 5.91 Å². The van der Waals surface area contributed by atoms with E-state index in [9.17, 15) is 4.79 Å². The molecule has 16 heavy (non-hydrogen) atoms. The molecule has 2 fully saturated rings. The average Bonchev–Trinajstić information content (AvgIpc) is 2.82. The maximum Gasteiger partial charge on any atom is 0.224 e. The zero-order valence-electron chi connectivity index (χ0n) is 10.1. The smallest absolute Gasteiger partial charge is 0.224 e. The Labute approximate surface area is 97.3 Å². The van der Waals surface area contributed by atoms with Gasteiger partial charge in [-0.15, -0.1) is 0 Å². The molecule has 0 spiro atoms. The molecular formula is C12H22N2O2. The van der Waals surface area contributed by atoms with Gasteiger partial charge in [0, 0.05) is 32.7 Å². The molecule has 0 aromatic rings. The minimum atomic E-state index is 0.245. The molecule has 2 saturated heterocycles. The first-order valence-electron chi connectivity index (χ1n) is 6.33. The second-order valence-electron chi connectivity index (χ2n) is 4.84. The number of amides is 1. The van der Waals surface area contributed by atoms with Gasteiger partial charge >= 0.3 is 0 Å². The first kappa shape index (κ1) is 11.9. The lowest BCUT2D eigenvalue weighted by atomic mass is 10.1. The molecule has 4 nitrogen and oxygen atoms in total. The van der Waals surface area contributed by atoms with Gasteiger partial charge in [-0.3, -0.25) is 4.79 Å². The first-order chi connectivity index (χ1) is 7.79. The molecule has 4 heteroatoms. The summed E-state index contributed by atoms with van der Waals surface area (Å²) in [6.45, 7) is 2.76. The predicted octanol–water partition coefficient (Wildman–Crippen LogP) is 0.766. The van der Waals surface area contributed by atoms with Crippen LogP contribution in [-0.4, -0.2) is 49.7 Å². The van der Waals surface area contributed by atoms with Gasteiger partial charge in [0.25, 0.3) is 0 Å². The topological polar surface area (TPSA) is 41.6 Å². The Hall–Kier alpha value is -0.610. The lowest BCUT2D eigenvalue weighted by Gasteiger charge is -2.32. The summed E-state index contributed by atoms with van der Waals surface area (Å²) in [5, 5.41) is 3.37. The Kier molecular flexibility index (Phi) is 4.18. The van der Waals surface area contributed by atoms with E-state index in [4.69, 9.17) is 4.74 Å². The molecule has 92 valence electrons. The Morgan fingerprint density at radius 1 is 1.44 bits per heavy atom. The summed E-state index contributed by atoms with van der Waals surface area (Å²) in [5.41, 5.74) is 0. The summed E-state index contributed by atoms with van der Waals surface area (Å²) in [6, 6.07) is 0.412. The molecular weight excluding hydrogens is 204 g/mol. The van der Waals surface area contributed by atoms with Crippen molar-refractivity contribution in [3.8, 4) is 0 Å². The minimum absolute atomic E-state index is 0.245. The van der Waals surface area contributed by atoms with Crippen molar-refractivity contribution in [3.05, 3.63) is 0 Å². The van der Waals surface area contributed by atoms with E-state index in [1.165, 1.54) is 6.42 Å². The zero-order valence-corrected chi connectivity index (χ0v) is 10.1. The molecule has 1 N–H and O–H groups in total. The van der Waals surface area contributed by atoms with Gasteiger partial charge in [0.15, 0.2) is 0 Å². The number of nitrogens with zero attached hydrogens (tertiary/aromatic N) is 1. The van der Waals surface area contributed by atoms with E-state index in [1.807, 2.05) is 4.90 Å². The van der Waals surface area contributed by atoms with E-state index in [-0.39, 0.29) is 6.10 Å². The van der Waals surface area contributed by atoms with Crippen molar-refractivity contribution in [2.45, 2.75) is 44.2 Å². The SMILES string of the molecule is COC1CCCN(C(=O)CC2CCCN2)C1. The number of rotatable bonds is 3. The van der Waals surface area contributed by atoms with Crippen molar-refractivity contribution in [1.82, 2.24) is 10.2 Å². The van der Waals surface area contributed by atoms with Gasteiger partial charge in [0.05, 0.1) is 6.10 Å². The van der Waals surface area contributed by atoms with Crippen LogP contribution in [0.1, 0.15) is 32.1 Å². The van der Waals surface area contributed by atoms with Gasteiger partial charge in [-0.2, -0.15) is 0 Å².